The highest BCUT2D eigenvalue weighted by Crippen LogP contribution is 2.49. The fraction of sp³-hybridized carbons (Fsp3) is 0.333. The van der Waals surface area contributed by atoms with Crippen molar-refractivity contribution in [2.45, 2.75) is 59.3 Å². The summed E-state index contributed by atoms with van der Waals surface area (Å²) in [5.41, 5.74) is 5.75. The topological polar surface area (TPSA) is 17.5 Å². The van der Waals surface area contributed by atoms with Gasteiger partial charge in [-0.05, 0) is 57.9 Å². The van der Waals surface area contributed by atoms with Crippen LogP contribution < -0.4 is 14.5 Å². The summed E-state index contributed by atoms with van der Waals surface area (Å²) in [6, 6.07) is 13.3. The molecule has 5 rings (SSSR count). The third kappa shape index (κ3) is 3.34. The van der Waals surface area contributed by atoms with Gasteiger partial charge in [0, 0.05) is 19.9 Å². The molecular formula is C30H33N2OSi+. The molecule has 4 aromatic rings. The Kier molecular flexibility index (Phi) is 4.93. The Morgan fingerprint density at radius 3 is 2.47 bits per heavy atom. The molecule has 1 aromatic heterocycles. The molecule has 0 N–H and O–H groups in total. The predicted octanol–water partition coefficient (Wildman–Crippen LogP) is 6.99. The lowest BCUT2D eigenvalue weighted by atomic mass is 9.89. The maximum Gasteiger partial charge on any atom is 0.231 e. The van der Waals surface area contributed by atoms with Crippen molar-refractivity contribution in [1.29, 1.82) is 0 Å². The molecule has 0 radical (unpaired) electrons. The number of hydrogen-bond donors (Lipinski definition) is 0. The van der Waals surface area contributed by atoms with Crippen molar-refractivity contribution in [2.24, 2.45) is 7.05 Å². The second-order valence-electron chi connectivity index (χ2n) is 11.5. The maximum atomic E-state index is 7.60. The van der Waals surface area contributed by atoms with Crippen LogP contribution in [-0.2, 0) is 13.5 Å². The molecule has 0 amide bonds. The third-order valence-electron chi connectivity index (χ3n) is 7.15. The Bertz CT molecular complexity index is 1550. The minimum atomic E-state index is -1.78. The largest absolute Gasteiger partial charge is 0.456 e. The normalized spacial score (nSPS) is 13.0. The Morgan fingerprint density at radius 2 is 1.79 bits per heavy atom. The standard InChI is InChI=1S/C30H33N2OSi/c1-18-11-10-12-22-19(2)25-27-26-21(13-14-32(27)6)15-20(17-30(3,4)31-5)16-23(26)33-28(25)29(24(18)22)34(7,8)9/h10-16H,17H2,1-4,6-9H3/q+1. The van der Waals surface area contributed by atoms with Gasteiger partial charge in [0.1, 0.15) is 18.5 Å². The van der Waals surface area contributed by atoms with E-state index in [0.717, 1.165) is 17.1 Å². The number of fused-ring (bicyclic) bond motifs is 3. The molecule has 0 saturated carbocycles. The molecule has 0 aliphatic carbocycles. The minimum Gasteiger partial charge on any atom is -0.456 e. The molecule has 0 saturated heterocycles. The Hall–Kier alpha value is -3.16. The van der Waals surface area contributed by atoms with E-state index in [1.807, 2.05) is 13.8 Å². The van der Waals surface area contributed by atoms with E-state index in [-0.39, 0.29) is 0 Å². The van der Waals surface area contributed by atoms with E-state index in [2.05, 4.69) is 92.5 Å². The summed E-state index contributed by atoms with van der Waals surface area (Å²) in [4.78, 5) is 3.85. The first-order valence-electron chi connectivity index (χ1n) is 12.0. The van der Waals surface area contributed by atoms with Crippen molar-refractivity contribution in [3.63, 3.8) is 0 Å². The highest BCUT2D eigenvalue weighted by atomic mass is 28.3. The lowest BCUT2D eigenvalue weighted by Crippen LogP contribution is -2.41. The maximum absolute atomic E-state index is 7.60. The van der Waals surface area contributed by atoms with Gasteiger partial charge in [-0.1, -0.05) is 43.9 Å². The zero-order valence-electron chi connectivity index (χ0n) is 21.6. The molecule has 3 nitrogen and oxygen atoms in total. The average molecular weight is 466 g/mol. The zero-order chi connectivity index (χ0) is 24.6. The summed E-state index contributed by atoms with van der Waals surface area (Å²) < 4.78 is 9.19. The van der Waals surface area contributed by atoms with Gasteiger partial charge in [-0.25, -0.2) is 11.1 Å². The van der Waals surface area contributed by atoms with Gasteiger partial charge in [0.25, 0.3) is 0 Å². The molecule has 34 heavy (non-hydrogen) atoms. The van der Waals surface area contributed by atoms with Crippen LogP contribution >= 0.6 is 0 Å². The summed E-state index contributed by atoms with van der Waals surface area (Å²) >= 11 is 0. The van der Waals surface area contributed by atoms with Crippen LogP contribution in [0.5, 0.6) is 11.5 Å². The van der Waals surface area contributed by atoms with E-state index in [4.69, 9.17) is 11.3 Å². The zero-order valence-corrected chi connectivity index (χ0v) is 22.6. The van der Waals surface area contributed by atoms with E-state index in [9.17, 15) is 0 Å². The number of aromatic nitrogens is 1. The van der Waals surface area contributed by atoms with E-state index < -0.39 is 13.6 Å². The molecule has 0 atom stereocenters. The fourth-order valence-corrected chi connectivity index (χ4v) is 7.55. The van der Waals surface area contributed by atoms with Gasteiger partial charge >= 0.3 is 0 Å². The Labute approximate surface area is 203 Å². The van der Waals surface area contributed by atoms with Gasteiger partial charge < -0.3 is 9.58 Å². The van der Waals surface area contributed by atoms with Crippen molar-refractivity contribution in [3.8, 4) is 22.8 Å². The number of pyridine rings is 1. The van der Waals surface area contributed by atoms with Crippen molar-refractivity contribution < 1.29 is 9.30 Å². The van der Waals surface area contributed by atoms with Crippen LogP contribution in [0.2, 0.25) is 19.6 Å². The van der Waals surface area contributed by atoms with Crippen molar-refractivity contribution in [1.82, 2.24) is 0 Å². The summed E-state index contributed by atoms with van der Waals surface area (Å²) in [5.74, 6) is 1.95. The molecule has 1 aliphatic heterocycles. The first-order valence-corrected chi connectivity index (χ1v) is 15.5. The lowest BCUT2D eigenvalue weighted by Gasteiger charge is -2.30. The Balaban J connectivity index is 1.93. The van der Waals surface area contributed by atoms with E-state index in [1.54, 1.807) is 0 Å². The van der Waals surface area contributed by atoms with Gasteiger partial charge in [0.05, 0.1) is 25.4 Å². The van der Waals surface area contributed by atoms with Gasteiger partial charge in [0.15, 0.2) is 6.20 Å². The van der Waals surface area contributed by atoms with E-state index >= 15 is 0 Å². The van der Waals surface area contributed by atoms with Crippen LogP contribution in [0, 0.1) is 20.4 Å². The second-order valence-corrected chi connectivity index (χ2v) is 16.5. The van der Waals surface area contributed by atoms with Crippen LogP contribution in [0.25, 0.3) is 37.6 Å². The number of ether oxygens (including phenoxy) is 1. The molecule has 0 bridgehead atoms. The molecular weight excluding hydrogens is 432 g/mol. The predicted molar refractivity (Wildman–Crippen MR) is 145 cm³/mol. The van der Waals surface area contributed by atoms with Gasteiger partial charge in [0.2, 0.25) is 11.2 Å². The smallest absolute Gasteiger partial charge is 0.231 e. The molecule has 3 aromatic carbocycles. The van der Waals surface area contributed by atoms with Gasteiger partial charge in [-0.2, -0.15) is 0 Å². The highest BCUT2D eigenvalue weighted by Gasteiger charge is 2.37. The van der Waals surface area contributed by atoms with E-state index in [1.165, 1.54) is 49.1 Å². The van der Waals surface area contributed by atoms with Crippen LogP contribution in [0.15, 0.2) is 42.6 Å². The van der Waals surface area contributed by atoms with Crippen LogP contribution in [-0.4, -0.2) is 13.6 Å². The molecule has 0 spiro atoms. The molecule has 4 heteroatoms. The number of benzene rings is 3. The summed E-state index contributed by atoms with van der Waals surface area (Å²) in [7, 11) is 0.352. The van der Waals surface area contributed by atoms with Crippen molar-refractivity contribution >= 4 is 34.8 Å². The van der Waals surface area contributed by atoms with Crippen LogP contribution in [0.1, 0.15) is 30.5 Å². The molecule has 0 unspecified atom stereocenters. The lowest BCUT2D eigenvalue weighted by molar-refractivity contribution is -0.659. The van der Waals surface area contributed by atoms with Crippen LogP contribution in [0.3, 0.4) is 0 Å². The van der Waals surface area contributed by atoms with Gasteiger partial charge in [-0.3, -0.25) is 0 Å². The minimum absolute atomic E-state index is 0.442. The van der Waals surface area contributed by atoms with Crippen LogP contribution in [0.4, 0.5) is 0 Å². The second kappa shape index (κ2) is 7.42. The summed E-state index contributed by atoms with van der Waals surface area (Å²) in [6.45, 7) is 23.3. The monoisotopic (exact) mass is 465 g/mol. The summed E-state index contributed by atoms with van der Waals surface area (Å²) in [6.07, 6.45) is 2.86. The number of nitrogens with zero attached hydrogens (tertiary/aromatic N) is 2. The quantitative estimate of drug-likeness (QED) is 0.159. The SMILES string of the molecule is [C-]#[N+]C(C)(C)Cc1cc2c3c([n+](C)ccc3c1)-c1c(c([Si](C)(C)C)c3c(C)cccc3c1C)O2. The molecule has 1 aliphatic rings. The number of aryl methyl sites for hydroxylation is 3. The van der Waals surface area contributed by atoms with Crippen molar-refractivity contribution in [3.05, 3.63) is 70.7 Å². The first-order chi connectivity index (χ1) is 15.9. The van der Waals surface area contributed by atoms with Gasteiger partial charge in [-0.15, -0.1) is 0 Å². The number of rotatable bonds is 3. The molecule has 172 valence electrons. The fourth-order valence-electron chi connectivity index (χ4n) is 5.62. The van der Waals surface area contributed by atoms with Crippen molar-refractivity contribution in [2.75, 3.05) is 0 Å². The Morgan fingerprint density at radius 1 is 1.06 bits per heavy atom. The number of hydrogen-bond acceptors (Lipinski definition) is 1. The van der Waals surface area contributed by atoms with E-state index in [0.29, 0.717) is 6.42 Å². The molecule has 2 heterocycles. The molecule has 0 fully saturated rings. The third-order valence-corrected chi connectivity index (χ3v) is 9.13. The first kappa shape index (κ1) is 22.6. The average Bonchev–Trinajstić information content (AvgIpc) is 2.75. The highest BCUT2D eigenvalue weighted by molar-refractivity contribution is 6.91. The summed E-state index contributed by atoms with van der Waals surface area (Å²) in [5, 5.41) is 6.43.